The molecule has 0 aliphatic rings. The lowest BCUT2D eigenvalue weighted by atomic mass is 10.0. The predicted molar refractivity (Wildman–Crippen MR) is 129 cm³/mol. The molecule has 0 bridgehead atoms. The molecule has 0 saturated heterocycles. The van der Waals surface area contributed by atoms with Crippen molar-refractivity contribution in [3.05, 3.63) is 89.0 Å². The zero-order valence-electron chi connectivity index (χ0n) is 20.4. The normalized spacial score (nSPS) is 11.8. The number of aryl methyl sites for hydroxylation is 2. The van der Waals surface area contributed by atoms with Crippen LogP contribution in [0.3, 0.4) is 0 Å². The molecule has 0 saturated carbocycles. The van der Waals surface area contributed by atoms with Gasteiger partial charge in [0.1, 0.15) is 29.2 Å². The van der Waals surface area contributed by atoms with Crippen molar-refractivity contribution in [1.82, 2.24) is 24.6 Å². The second-order valence-corrected chi connectivity index (χ2v) is 8.26. The summed E-state index contributed by atoms with van der Waals surface area (Å²) in [6.07, 6.45) is 3.64. The van der Waals surface area contributed by atoms with Crippen LogP contribution in [0.1, 0.15) is 34.4 Å². The second-order valence-electron chi connectivity index (χ2n) is 8.26. The Bertz CT molecular complexity index is 1320. The van der Waals surface area contributed by atoms with Crippen molar-refractivity contribution in [2.75, 3.05) is 14.2 Å². The number of amides is 1. The van der Waals surface area contributed by atoms with Crippen molar-refractivity contribution < 1.29 is 18.7 Å². The standard InChI is InChI=1S/C26H28FN5O3/c1-16-23(17(2)32(30-16)20-8-6-19(27)7-9-20)15-24(33)29-25(26-28-10-11-31(26)3)18-12-21(34-4)14-22(13-18)35-5/h6-14,25H,15H2,1-5H3,(H,29,33). The van der Waals surface area contributed by atoms with E-state index in [1.807, 2.05) is 43.8 Å². The summed E-state index contributed by atoms with van der Waals surface area (Å²) in [5, 5.41) is 7.69. The van der Waals surface area contributed by atoms with Crippen molar-refractivity contribution in [3.8, 4) is 17.2 Å². The Kier molecular flexibility index (Phi) is 6.86. The Labute approximate surface area is 203 Å². The molecular weight excluding hydrogens is 449 g/mol. The summed E-state index contributed by atoms with van der Waals surface area (Å²) in [6.45, 7) is 3.76. The molecule has 182 valence electrons. The fourth-order valence-electron chi connectivity index (χ4n) is 4.09. The highest BCUT2D eigenvalue weighted by atomic mass is 19.1. The third kappa shape index (κ3) is 5.03. The number of ether oxygens (including phenoxy) is 2. The quantitative estimate of drug-likeness (QED) is 0.417. The van der Waals surface area contributed by atoms with E-state index in [9.17, 15) is 9.18 Å². The number of halogens is 1. The monoisotopic (exact) mass is 477 g/mol. The van der Waals surface area contributed by atoms with E-state index in [1.165, 1.54) is 12.1 Å². The molecule has 1 unspecified atom stereocenters. The number of hydrogen-bond donors (Lipinski definition) is 1. The summed E-state index contributed by atoms with van der Waals surface area (Å²) in [4.78, 5) is 17.8. The number of carbonyl (C=O) groups excluding carboxylic acids is 1. The minimum atomic E-state index is -0.528. The van der Waals surface area contributed by atoms with Gasteiger partial charge in [-0.15, -0.1) is 0 Å². The van der Waals surface area contributed by atoms with Gasteiger partial charge in [-0.1, -0.05) is 0 Å². The summed E-state index contributed by atoms with van der Waals surface area (Å²) >= 11 is 0. The molecule has 35 heavy (non-hydrogen) atoms. The van der Waals surface area contributed by atoms with Crippen LogP contribution in [0.5, 0.6) is 11.5 Å². The average molecular weight is 478 g/mol. The average Bonchev–Trinajstić information content (AvgIpc) is 3.40. The molecule has 2 aromatic heterocycles. The minimum Gasteiger partial charge on any atom is -0.497 e. The highest BCUT2D eigenvalue weighted by Crippen LogP contribution is 2.30. The first-order chi connectivity index (χ1) is 16.8. The highest BCUT2D eigenvalue weighted by Gasteiger charge is 2.24. The summed E-state index contributed by atoms with van der Waals surface area (Å²) in [6, 6.07) is 11.0. The molecule has 1 N–H and O–H groups in total. The Morgan fingerprint density at radius 3 is 2.31 bits per heavy atom. The van der Waals surface area contributed by atoms with Crippen molar-refractivity contribution in [2.45, 2.75) is 26.3 Å². The predicted octanol–water partition coefficient (Wildman–Crippen LogP) is 3.83. The van der Waals surface area contributed by atoms with Gasteiger partial charge in [0, 0.05) is 36.8 Å². The maximum atomic E-state index is 13.4. The lowest BCUT2D eigenvalue weighted by molar-refractivity contribution is -0.121. The lowest BCUT2D eigenvalue weighted by Gasteiger charge is -2.20. The first-order valence-electron chi connectivity index (χ1n) is 11.1. The molecule has 4 rings (SSSR count). The van der Waals surface area contributed by atoms with Crippen LogP contribution in [-0.2, 0) is 18.3 Å². The molecule has 1 amide bonds. The van der Waals surface area contributed by atoms with Crippen LogP contribution in [0.2, 0.25) is 0 Å². The highest BCUT2D eigenvalue weighted by molar-refractivity contribution is 5.80. The van der Waals surface area contributed by atoms with Crippen LogP contribution in [0, 0.1) is 19.7 Å². The Morgan fingerprint density at radius 2 is 1.74 bits per heavy atom. The molecule has 4 aromatic rings. The van der Waals surface area contributed by atoms with Gasteiger partial charge < -0.3 is 19.4 Å². The van der Waals surface area contributed by atoms with Crippen LogP contribution in [0.25, 0.3) is 5.69 Å². The summed E-state index contributed by atoms with van der Waals surface area (Å²) < 4.78 is 27.8. The van der Waals surface area contributed by atoms with Crippen molar-refractivity contribution >= 4 is 5.91 Å². The Morgan fingerprint density at radius 1 is 1.09 bits per heavy atom. The lowest BCUT2D eigenvalue weighted by Crippen LogP contribution is -2.32. The maximum absolute atomic E-state index is 13.4. The van der Waals surface area contributed by atoms with Gasteiger partial charge in [0.15, 0.2) is 0 Å². The molecule has 2 aromatic carbocycles. The largest absolute Gasteiger partial charge is 0.497 e. The Hall–Kier alpha value is -4.14. The molecule has 1 atom stereocenters. The van der Waals surface area contributed by atoms with Gasteiger partial charge in [0.25, 0.3) is 0 Å². The second kappa shape index (κ2) is 10.0. The van der Waals surface area contributed by atoms with Gasteiger partial charge in [-0.2, -0.15) is 5.10 Å². The molecule has 0 radical (unpaired) electrons. The fourth-order valence-corrected chi connectivity index (χ4v) is 4.09. The van der Waals surface area contributed by atoms with E-state index in [-0.39, 0.29) is 18.1 Å². The summed E-state index contributed by atoms with van der Waals surface area (Å²) in [7, 11) is 5.04. The number of rotatable bonds is 8. The van der Waals surface area contributed by atoms with Crippen LogP contribution < -0.4 is 14.8 Å². The van der Waals surface area contributed by atoms with Crippen molar-refractivity contribution in [3.63, 3.8) is 0 Å². The van der Waals surface area contributed by atoms with Crippen LogP contribution in [-0.4, -0.2) is 39.5 Å². The van der Waals surface area contributed by atoms with E-state index in [1.54, 1.807) is 43.3 Å². The van der Waals surface area contributed by atoms with Crippen molar-refractivity contribution in [2.24, 2.45) is 7.05 Å². The molecule has 9 heteroatoms. The van der Waals surface area contributed by atoms with E-state index < -0.39 is 6.04 Å². The first kappa shape index (κ1) is 24.0. The van der Waals surface area contributed by atoms with Crippen LogP contribution >= 0.6 is 0 Å². The molecule has 0 aliphatic carbocycles. The van der Waals surface area contributed by atoms with E-state index in [2.05, 4.69) is 15.4 Å². The minimum absolute atomic E-state index is 0.126. The Balaban J connectivity index is 1.64. The third-order valence-corrected chi connectivity index (χ3v) is 5.98. The van der Waals surface area contributed by atoms with Gasteiger partial charge >= 0.3 is 0 Å². The molecule has 0 spiro atoms. The topological polar surface area (TPSA) is 83.2 Å². The third-order valence-electron chi connectivity index (χ3n) is 5.98. The summed E-state index contributed by atoms with van der Waals surface area (Å²) in [5.74, 6) is 1.39. The number of benzene rings is 2. The molecular formula is C26H28FN5O3. The van der Waals surface area contributed by atoms with Gasteiger partial charge in [0.2, 0.25) is 5.91 Å². The van der Waals surface area contributed by atoms with Gasteiger partial charge in [-0.25, -0.2) is 14.1 Å². The zero-order valence-corrected chi connectivity index (χ0v) is 20.4. The number of imidazole rings is 1. The molecule has 0 fully saturated rings. The maximum Gasteiger partial charge on any atom is 0.225 e. The van der Waals surface area contributed by atoms with E-state index in [0.29, 0.717) is 17.3 Å². The zero-order chi connectivity index (χ0) is 25.1. The van der Waals surface area contributed by atoms with Crippen molar-refractivity contribution in [1.29, 1.82) is 0 Å². The number of methoxy groups -OCH3 is 2. The van der Waals surface area contributed by atoms with E-state index in [0.717, 1.165) is 28.2 Å². The van der Waals surface area contributed by atoms with E-state index >= 15 is 0 Å². The van der Waals surface area contributed by atoms with Gasteiger partial charge in [-0.05, 0) is 55.8 Å². The van der Waals surface area contributed by atoms with E-state index in [4.69, 9.17) is 9.47 Å². The number of hydrogen-bond acceptors (Lipinski definition) is 5. The fraction of sp³-hybridized carbons (Fsp3) is 0.269. The molecule has 8 nitrogen and oxygen atoms in total. The van der Waals surface area contributed by atoms with Crippen LogP contribution in [0.4, 0.5) is 4.39 Å². The molecule has 0 aliphatic heterocycles. The smallest absolute Gasteiger partial charge is 0.225 e. The number of carbonyl (C=O) groups is 1. The first-order valence-corrected chi connectivity index (χ1v) is 11.1. The summed E-state index contributed by atoms with van der Waals surface area (Å²) in [5.41, 5.74) is 3.88. The van der Waals surface area contributed by atoms with Gasteiger partial charge in [0.05, 0.1) is 32.0 Å². The SMILES string of the molecule is COc1cc(OC)cc(C(NC(=O)Cc2c(C)nn(-c3ccc(F)cc3)c2C)c2nccn2C)c1. The number of nitrogens with zero attached hydrogens (tertiary/aromatic N) is 4. The van der Waals surface area contributed by atoms with Crippen LogP contribution in [0.15, 0.2) is 54.9 Å². The van der Waals surface area contributed by atoms with Gasteiger partial charge in [-0.3, -0.25) is 4.79 Å². The molecule has 2 heterocycles. The number of aromatic nitrogens is 4. The number of nitrogens with one attached hydrogen (secondary N) is 1.